The molecule has 8 nitrogen and oxygen atoms in total. The average molecular weight is 430 g/mol. The summed E-state index contributed by atoms with van der Waals surface area (Å²) < 4.78 is 4.03. The number of rotatable bonds is 4. The molecule has 1 saturated heterocycles. The van der Waals surface area contributed by atoms with Crippen LogP contribution in [0.1, 0.15) is 61.3 Å². The van der Waals surface area contributed by atoms with E-state index >= 15 is 0 Å². The molecule has 0 aromatic carbocycles. The van der Waals surface area contributed by atoms with Crippen LogP contribution in [-0.2, 0) is 0 Å². The molecule has 0 bridgehead atoms. The topological polar surface area (TPSA) is 84.6 Å². The van der Waals surface area contributed by atoms with E-state index in [0.29, 0.717) is 23.7 Å². The standard InChI is InChI=1S/C24H27N7O/c1-16(2)31-14-6-18-17(5-10-25-21(18)31)19-7-13-30(15-24(19)8-9-24)22(32)20-26-23(28-27-20)29-11-3-4-12-29/h3-6,10-12,14,16,19H,7-9,13,15H2,1-2H3,(H,26,27,28). The first-order chi connectivity index (χ1) is 15.6. The summed E-state index contributed by atoms with van der Waals surface area (Å²) in [6, 6.07) is 8.59. The van der Waals surface area contributed by atoms with Crippen LogP contribution >= 0.6 is 0 Å². The minimum atomic E-state index is -0.0635. The number of carbonyl (C=O) groups is 1. The van der Waals surface area contributed by atoms with E-state index in [1.54, 1.807) is 4.57 Å². The number of nitrogens with zero attached hydrogens (tertiary/aromatic N) is 6. The van der Waals surface area contributed by atoms with Crippen molar-refractivity contribution in [1.82, 2.24) is 34.2 Å². The number of likely N-dealkylation sites (tertiary alicyclic amines) is 1. The summed E-state index contributed by atoms with van der Waals surface area (Å²) in [5, 5.41) is 8.30. The Bertz CT molecular complexity index is 1280. The van der Waals surface area contributed by atoms with Gasteiger partial charge in [-0.2, -0.15) is 4.98 Å². The molecule has 1 atom stereocenters. The van der Waals surface area contributed by atoms with E-state index in [-0.39, 0.29) is 11.3 Å². The number of aromatic amines is 1. The molecule has 8 heteroatoms. The summed E-state index contributed by atoms with van der Waals surface area (Å²) in [4.78, 5) is 24.3. The second-order valence-corrected chi connectivity index (χ2v) is 9.46. The van der Waals surface area contributed by atoms with Gasteiger partial charge in [0, 0.05) is 49.3 Å². The summed E-state index contributed by atoms with van der Waals surface area (Å²) in [7, 11) is 0. The quantitative estimate of drug-likeness (QED) is 0.533. The fourth-order valence-electron chi connectivity index (χ4n) is 5.37. The predicted molar refractivity (Wildman–Crippen MR) is 121 cm³/mol. The molecule has 1 unspecified atom stereocenters. The van der Waals surface area contributed by atoms with Crippen LogP contribution in [0.5, 0.6) is 0 Å². The van der Waals surface area contributed by atoms with Crippen molar-refractivity contribution in [2.75, 3.05) is 13.1 Å². The highest BCUT2D eigenvalue weighted by Crippen LogP contribution is 2.60. The molecule has 1 aliphatic carbocycles. The number of hydrogen-bond acceptors (Lipinski definition) is 4. The monoisotopic (exact) mass is 429 g/mol. The number of piperidine rings is 1. The molecule has 1 saturated carbocycles. The van der Waals surface area contributed by atoms with Gasteiger partial charge in [-0.3, -0.25) is 14.5 Å². The number of hydrogen-bond donors (Lipinski definition) is 1. The maximum Gasteiger partial charge on any atom is 0.291 e. The van der Waals surface area contributed by atoms with Gasteiger partial charge in [0.15, 0.2) is 0 Å². The molecule has 5 heterocycles. The largest absolute Gasteiger partial charge is 0.335 e. The first kappa shape index (κ1) is 19.3. The molecular weight excluding hydrogens is 402 g/mol. The summed E-state index contributed by atoms with van der Waals surface area (Å²) in [5.41, 5.74) is 2.60. The van der Waals surface area contributed by atoms with Crippen LogP contribution in [0.25, 0.3) is 17.0 Å². The van der Waals surface area contributed by atoms with Gasteiger partial charge in [0.05, 0.1) is 0 Å². The Morgan fingerprint density at radius 2 is 2.00 bits per heavy atom. The summed E-state index contributed by atoms with van der Waals surface area (Å²) in [6.07, 6.45) is 11.1. The van der Waals surface area contributed by atoms with E-state index in [1.165, 1.54) is 10.9 Å². The summed E-state index contributed by atoms with van der Waals surface area (Å²) in [6.45, 7) is 5.86. The molecule has 1 amide bonds. The minimum absolute atomic E-state index is 0.0635. The number of aromatic nitrogens is 6. The summed E-state index contributed by atoms with van der Waals surface area (Å²) in [5.74, 6) is 1.18. The molecular formula is C24H27N7O. The molecule has 1 aliphatic heterocycles. The fourth-order valence-corrected chi connectivity index (χ4v) is 5.37. The molecule has 6 rings (SSSR count). The van der Waals surface area contributed by atoms with Crippen molar-refractivity contribution >= 4 is 16.9 Å². The molecule has 32 heavy (non-hydrogen) atoms. The highest BCUT2D eigenvalue weighted by molar-refractivity contribution is 5.91. The van der Waals surface area contributed by atoms with Crippen molar-refractivity contribution in [1.29, 1.82) is 0 Å². The maximum absolute atomic E-state index is 13.2. The maximum atomic E-state index is 13.2. The number of amides is 1. The smallest absolute Gasteiger partial charge is 0.291 e. The molecule has 0 radical (unpaired) electrons. The number of pyridine rings is 1. The molecule has 2 fully saturated rings. The van der Waals surface area contributed by atoms with Crippen molar-refractivity contribution < 1.29 is 4.79 Å². The molecule has 164 valence electrons. The lowest BCUT2D eigenvalue weighted by Gasteiger charge is -2.39. The van der Waals surface area contributed by atoms with Gasteiger partial charge in [-0.05, 0) is 74.3 Å². The zero-order chi connectivity index (χ0) is 21.9. The van der Waals surface area contributed by atoms with Crippen LogP contribution in [-0.4, -0.2) is 53.2 Å². The fraction of sp³-hybridized carbons (Fsp3) is 0.417. The first-order valence-electron chi connectivity index (χ1n) is 11.4. The second kappa shape index (κ2) is 7.05. The van der Waals surface area contributed by atoms with Crippen molar-refractivity contribution in [2.45, 2.75) is 45.1 Å². The Balaban J connectivity index is 1.25. The Kier molecular flexibility index (Phi) is 4.25. The Hall–Kier alpha value is -3.42. The third-order valence-electron chi connectivity index (χ3n) is 7.20. The van der Waals surface area contributed by atoms with Crippen LogP contribution in [0, 0.1) is 5.41 Å². The first-order valence-corrected chi connectivity index (χ1v) is 11.4. The van der Waals surface area contributed by atoms with Crippen LogP contribution in [0.2, 0.25) is 0 Å². The van der Waals surface area contributed by atoms with Gasteiger partial charge in [-0.15, -0.1) is 5.10 Å². The molecule has 2 aliphatic rings. The average Bonchev–Trinajstić information content (AvgIpc) is 3.25. The lowest BCUT2D eigenvalue weighted by molar-refractivity contribution is 0.0612. The lowest BCUT2D eigenvalue weighted by atomic mass is 9.77. The number of nitrogens with one attached hydrogen (secondary N) is 1. The highest BCUT2D eigenvalue weighted by atomic mass is 16.2. The predicted octanol–water partition coefficient (Wildman–Crippen LogP) is 3.94. The minimum Gasteiger partial charge on any atom is -0.335 e. The van der Waals surface area contributed by atoms with E-state index in [0.717, 1.165) is 38.0 Å². The van der Waals surface area contributed by atoms with Gasteiger partial charge in [-0.1, -0.05) is 0 Å². The number of carbonyl (C=O) groups excluding carboxylic acids is 1. The normalized spacial score (nSPS) is 19.8. The van der Waals surface area contributed by atoms with Gasteiger partial charge >= 0.3 is 0 Å². The van der Waals surface area contributed by atoms with Gasteiger partial charge < -0.3 is 9.47 Å². The van der Waals surface area contributed by atoms with Crippen molar-refractivity contribution in [3.05, 3.63) is 60.4 Å². The second-order valence-electron chi connectivity index (χ2n) is 9.46. The van der Waals surface area contributed by atoms with Gasteiger partial charge in [0.2, 0.25) is 5.82 Å². The third-order valence-corrected chi connectivity index (χ3v) is 7.20. The van der Waals surface area contributed by atoms with Crippen molar-refractivity contribution in [2.24, 2.45) is 5.41 Å². The zero-order valence-electron chi connectivity index (χ0n) is 18.4. The molecule has 1 spiro atoms. The Morgan fingerprint density at radius 1 is 1.19 bits per heavy atom. The zero-order valence-corrected chi connectivity index (χ0v) is 18.4. The van der Waals surface area contributed by atoms with Crippen LogP contribution in [0.15, 0.2) is 49.1 Å². The van der Waals surface area contributed by atoms with E-state index in [2.05, 4.69) is 56.9 Å². The van der Waals surface area contributed by atoms with Gasteiger partial charge in [0.1, 0.15) is 5.65 Å². The molecule has 4 aromatic heterocycles. The number of H-pyrrole nitrogens is 1. The van der Waals surface area contributed by atoms with E-state index < -0.39 is 0 Å². The van der Waals surface area contributed by atoms with E-state index in [9.17, 15) is 4.79 Å². The molecule has 4 aromatic rings. The Labute approximate surface area is 186 Å². The SMILES string of the molecule is CC(C)n1ccc2c(C3CCN(C(=O)c4nc(-n5cccc5)n[nH]4)CC34CC4)ccnc21. The highest BCUT2D eigenvalue weighted by Gasteiger charge is 2.54. The van der Waals surface area contributed by atoms with Gasteiger partial charge in [0.25, 0.3) is 11.9 Å². The van der Waals surface area contributed by atoms with Gasteiger partial charge in [-0.25, -0.2) is 4.98 Å². The van der Waals surface area contributed by atoms with E-state index in [1.807, 2.05) is 35.6 Å². The third kappa shape index (κ3) is 2.97. The summed E-state index contributed by atoms with van der Waals surface area (Å²) >= 11 is 0. The van der Waals surface area contributed by atoms with Crippen molar-refractivity contribution in [3.8, 4) is 5.95 Å². The van der Waals surface area contributed by atoms with Crippen molar-refractivity contribution in [3.63, 3.8) is 0 Å². The van der Waals surface area contributed by atoms with E-state index in [4.69, 9.17) is 0 Å². The molecule has 1 N–H and O–H groups in total. The number of fused-ring (bicyclic) bond motifs is 1. The van der Waals surface area contributed by atoms with Crippen LogP contribution in [0.3, 0.4) is 0 Å². The van der Waals surface area contributed by atoms with Crippen LogP contribution in [0.4, 0.5) is 0 Å². The Morgan fingerprint density at radius 3 is 2.75 bits per heavy atom. The lowest BCUT2D eigenvalue weighted by Crippen LogP contribution is -2.44. The van der Waals surface area contributed by atoms with Crippen LogP contribution < -0.4 is 0 Å².